The average molecular weight is 382 g/mol. The summed E-state index contributed by atoms with van der Waals surface area (Å²) in [5, 5.41) is 14.0. The molecule has 2 amide bonds. The molecule has 2 aromatic rings. The summed E-state index contributed by atoms with van der Waals surface area (Å²) in [6.07, 6.45) is -0.135. The molecule has 2 aromatic carbocycles. The predicted molar refractivity (Wildman–Crippen MR) is 104 cm³/mol. The first-order valence-corrected chi connectivity index (χ1v) is 9.00. The van der Waals surface area contributed by atoms with Gasteiger partial charge in [-0.1, -0.05) is 6.07 Å². The van der Waals surface area contributed by atoms with E-state index in [1.54, 1.807) is 24.3 Å². The molecule has 1 aliphatic rings. The van der Waals surface area contributed by atoms with E-state index in [1.165, 1.54) is 0 Å². The average Bonchev–Trinajstić information content (AvgIpc) is 3.05. The van der Waals surface area contributed by atoms with E-state index >= 15 is 0 Å². The van der Waals surface area contributed by atoms with Gasteiger partial charge in [0.05, 0.1) is 6.42 Å². The van der Waals surface area contributed by atoms with Gasteiger partial charge in [-0.2, -0.15) is 0 Å². The minimum absolute atomic E-state index is 0.0621. The van der Waals surface area contributed by atoms with Crippen molar-refractivity contribution < 1.29 is 24.2 Å². The van der Waals surface area contributed by atoms with Crippen LogP contribution in [-0.4, -0.2) is 36.0 Å². The molecule has 0 radical (unpaired) electrons. The van der Waals surface area contributed by atoms with E-state index < -0.39 is 5.97 Å². The molecule has 0 saturated carbocycles. The molecule has 0 saturated heterocycles. The highest BCUT2D eigenvalue weighted by Crippen LogP contribution is 2.36. The topological polar surface area (TPSA) is 105 Å². The molecule has 3 N–H and O–H groups in total. The number of amides is 2. The Hall–Kier alpha value is -3.35. The predicted octanol–water partition coefficient (Wildman–Crippen LogP) is 2.62. The number of aryl methyl sites for hydroxylation is 2. The number of carbonyl (C=O) groups excluding carboxylic acids is 2. The number of fused-ring (bicyclic) bond motifs is 1. The highest BCUT2D eigenvalue weighted by atomic mass is 16.5. The van der Waals surface area contributed by atoms with Gasteiger partial charge >= 0.3 is 5.97 Å². The maximum atomic E-state index is 12.7. The van der Waals surface area contributed by atoms with E-state index in [9.17, 15) is 14.4 Å². The van der Waals surface area contributed by atoms with E-state index in [0.29, 0.717) is 17.9 Å². The van der Waals surface area contributed by atoms with Crippen molar-refractivity contribution in [2.45, 2.75) is 26.2 Å². The molecule has 1 atom stereocenters. The van der Waals surface area contributed by atoms with Crippen LogP contribution < -0.4 is 15.4 Å². The quantitative estimate of drug-likeness (QED) is 0.712. The molecule has 0 aromatic heterocycles. The van der Waals surface area contributed by atoms with Gasteiger partial charge in [-0.15, -0.1) is 0 Å². The highest BCUT2D eigenvalue weighted by Gasteiger charge is 2.31. The monoisotopic (exact) mass is 382 g/mol. The standard InChI is InChI=1S/C21H22N2O5/c1-12-9-16-17(11-28-18(16)10-13(12)2)21(27)23-15-5-3-14(4-6-15)20(26)22-8-7-19(24)25/h3-6,9-10,17H,7-8,11H2,1-2H3,(H,22,26)(H,23,27)(H,24,25). The molecular weight excluding hydrogens is 360 g/mol. The molecule has 0 bridgehead atoms. The lowest BCUT2D eigenvalue weighted by Crippen LogP contribution is -2.26. The van der Waals surface area contributed by atoms with Crippen LogP contribution in [0, 0.1) is 13.8 Å². The zero-order valence-corrected chi connectivity index (χ0v) is 15.7. The number of hydrogen-bond acceptors (Lipinski definition) is 4. The molecule has 28 heavy (non-hydrogen) atoms. The molecule has 0 spiro atoms. The van der Waals surface area contributed by atoms with Crippen molar-refractivity contribution in [1.29, 1.82) is 0 Å². The Balaban J connectivity index is 1.62. The summed E-state index contributed by atoms with van der Waals surface area (Å²) in [5.41, 5.74) is 4.08. The molecular formula is C21H22N2O5. The molecule has 0 aliphatic carbocycles. The summed E-state index contributed by atoms with van der Waals surface area (Å²) in [6.45, 7) is 4.37. The largest absolute Gasteiger partial charge is 0.492 e. The maximum Gasteiger partial charge on any atom is 0.305 e. The van der Waals surface area contributed by atoms with Gasteiger partial charge in [-0.3, -0.25) is 14.4 Å². The summed E-state index contributed by atoms with van der Waals surface area (Å²) in [6, 6.07) is 10.4. The summed E-state index contributed by atoms with van der Waals surface area (Å²) < 4.78 is 5.66. The first-order valence-electron chi connectivity index (χ1n) is 9.00. The second kappa shape index (κ2) is 8.12. The Labute approximate surface area is 162 Å². The van der Waals surface area contributed by atoms with E-state index in [-0.39, 0.29) is 30.7 Å². The lowest BCUT2D eigenvalue weighted by atomic mass is 9.96. The third kappa shape index (κ3) is 4.31. The smallest absolute Gasteiger partial charge is 0.305 e. The molecule has 7 heteroatoms. The van der Waals surface area contributed by atoms with Gasteiger partial charge in [0.2, 0.25) is 5.91 Å². The van der Waals surface area contributed by atoms with Crippen LogP contribution in [0.4, 0.5) is 5.69 Å². The number of carbonyl (C=O) groups is 3. The van der Waals surface area contributed by atoms with E-state index in [1.807, 2.05) is 26.0 Å². The van der Waals surface area contributed by atoms with Crippen LogP contribution in [0.5, 0.6) is 5.75 Å². The van der Waals surface area contributed by atoms with Gasteiger partial charge < -0.3 is 20.5 Å². The van der Waals surface area contributed by atoms with Crippen LogP contribution in [0.2, 0.25) is 0 Å². The maximum absolute atomic E-state index is 12.7. The second-order valence-corrected chi connectivity index (χ2v) is 6.80. The van der Waals surface area contributed by atoms with Gasteiger partial charge in [-0.25, -0.2) is 0 Å². The first-order chi connectivity index (χ1) is 13.3. The fraction of sp³-hybridized carbons (Fsp3) is 0.286. The van der Waals surface area contributed by atoms with Crippen molar-refractivity contribution in [2.75, 3.05) is 18.5 Å². The van der Waals surface area contributed by atoms with Crippen LogP contribution >= 0.6 is 0 Å². The zero-order valence-electron chi connectivity index (χ0n) is 15.7. The van der Waals surface area contributed by atoms with E-state index in [0.717, 1.165) is 22.4 Å². The lowest BCUT2D eigenvalue weighted by molar-refractivity contribution is -0.136. The highest BCUT2D eigenvalue weighted by molar-refractivity contribution is 5.98. The van der Waals surface area contributed by atoms with Crippen LogP contribution in [0.3, 0.4) is 0 Å². The molecule has 1 unspecified atom stereocenters. The van der Waals surface area contributed by atoms with E-state index in [4.69, 9.17) is 9.84 Å². The van der Waals surface area contributed by atoms with Crippen LogP contribution in [0.1, 0.15) is 39.4 Å². The molecule has 1 aliphatic heterocycles. The van der Waals surface area contributed by atoms with Crippen LogP contribution in [-0.2, 0) is 9.59 Å². The first kappa shape index (κ1) is 19.4. The minimum atomic E-state index is -0.971. The number of anilines is 1. The van der Waals surface area contributed by atoms with Crippen molar-refractivity contribution in [3.8, 4) is 5.75 Å². The summed E-state index contributed by atoms with van der Waals surface area (Å²) in [7, 11) is 0. The number of carboxylic acid groups (broad SMARTS) is 1. The van der Waals surface area contributed by atoms with Gasteiger partial charge in [0.15, 0.2) is 0 Å². The van der Waals surface area contributed by atoms with Crippen molar-refractivity contribution in [3.05, 3.63) is 58.7 Å². The van der Waals surface area contributed by atoms with Crippen LogP contribution in [0.15, 0.2) is 36.4 Å². The van der Waals surface area contributed by atoms with Gasteiger partial charge in [0.1, 0.15) is 18.3 Å². The SMILES string of the molecule is Cc1cc2c(cc1C)C(C(=O)Nc1ccc(C(=O)NCCC(=O)O)cc1)CO2. The Morgan fingerprint density at radius 1 is 1.11 bits per heavy atom. The van der Waals surface area contributed by atoms with E-state index in [2.05, 4.69) is 10.6 Å². The molecule has 3 rings (SSSR count). The number of aliphatic carboxylic acids is 1. The molecule has 1 heterocycles. The number of ether oxygens (including phenoxy) is 1. The normalized spacial score (nSPS) is 14.7. The summed E-state index contributed by atoms with van der Waals surface area (Å²) in [4.78, 5) is 35.1. The molecule has 7 nitrogen and oxygen atoms in total. The van der Waals surface area contributed by atoms with Crippen molar-refractivity contribution in [2.24, 2.45) is 0 Å². The van der Waals surface area contributed by atoms with Gasteiger partial charge in [-0.05, 0) is 55.3 Å². The van der Waals surface area contributed by atoms with Crippen molar-refractivity contribution in [3.63, 3.8) is 0 Å². The number of hydrogen-bond donors (Lipinski definition) is 3. The fourth-order valence-corrected chi connectivity index (χ4v) is 3.01. The van der Waals surface area contributed by atoms with Crippen molar-refractivity contribution >= 4 is 23.5 Å². The number of carboxylic acids is 1. The minimum Gasteiger partial charge on any atom is -0.492 e. The van der Waals surface area contributed by atoms with Crippen LogP contribution in [0.25, 0.3) is 0 Å². The van der Waals surface area contributed by atoms with Gasteiger partial charge in [0.25, 0.3) is 5.91 Å². The summed E-state index contributed by atoms with van der Waals surface area (Å²) >= 11 is 0. The number of nitrogens with one attached hydrogen (secondary N) is 2. The third-order valence-corrected chi connectivity index (χ3v) is 4.76. The second-order valence-electron chi connectivity index (χ2n) is 6.80. The zero-order chi connectivity index (χ0) is 20.3. The Bertz CT molecular complexity index is 921. The van der Waals surface area contributed by atoms with Gasteiger partial charge in [0, 0.05) is 23.4 Å². The Morgan fingerprint density at radius 3 is 2.46 bits per heavy atom. The number of benzene rings is 2. The lowest BCUT2D eigenvalue weighted by Gasteiger charge is -2.12. The molecule has 0 fully saturated rings. The Morgan fingerprint density at radius 2 is 1.79 bits per heavy atom. The fourth-order valence-electron chi connectivity index (χ4n) is 3.01. The number of rotatable bonds is 6. The Kier molecular flexibility index (Phi) is 5.63. The van der Waals surface area contributed by atoms with Crippen molar-refractivity contribution in [1.82, 2.24) is 5.32 Å². The summed E-state index contributed by atoms with van der Waals surface area (Å²) in [5.74, 6) is -1.13. The third-order valence-electron chi connectivity index (χ3n) is 4.76. The molecule has 146 valence electrons.